The van der Waals surface area contributed by atoms with Crippen molar-refractivity contribution in [2.24, 2.45) is 0 Å². The van der Waals surface area contributed by atoms with Gasteiger partial charge >= 0.3 is 5.97 Å². The zero-order chi connectivity index (χ0) is 15.4. The summed E-state index contributed by atoms with van der Waals surface area (Å²) in [4.78, 5) is 27.3. The smallest absolute Gasteiger partial charge is 0.311 e. The molecule has 0 unspecified atom stereocenters. The van der Waals surface area contributed by atoms with Gasteiger partial charge in [-0.2, -0.15) is 0 Å². The number of aromatic nitrogens is 1. The third-order valence-electron chi connectivity index (χ3n) is 2.52. The SMILES string of the molecule is COC(=O)Cc1csc(NC(=O)c2cc(O)ccc2Cl)n1. The van der Waals surface area contributed by atoms with Crippen molar-refractivity contribution < 1.29 is 19.4 Å². The third kappa shape index (κ3) is 3.93. The monoisotopic (exact) mass is 326 g/mol. The number of nitrogens with one attached hydrogen (secondary N) is 1. The van der Waals surface area contributed by atoms with E-state index in [2.05, 4.69) is 15.0 Å². The Balaban J connectivity index is 2.09. The lowest BCUT2D eigenvalue weighted by Crippen LogP contribution is -2.12. The van der Waals surface area contributed by atoms with Crippen LogP contribution in [0.15, 0.2) is 23.6 Å². The Morgan fingerprint density at radius 3 is 2.95 bits per heavy atom. The molecule has 1 heterocycles. The number of benzene rings is 1. The molecule has 0 aliphatic carbocycles. The molecule has 0 saturated carbocycles. The van der Waals surface area contributed by atoms with Gasteiger partial charge in [0.1, 0.15) is 5.75 Å². The van der Waals surface area contributed by atoms with Crippen LogP contribution in [0.2, 0.25) is 5.02 Å². The highest BCUT2D eigenvalue weighted by Crippen LogP contribution is 2.23. The maximum atomic E-state index is 12.0. The maximum absolute atomic E-state index is 12.0. The number of hydrogen-bond acceptors (Lipinski definition) is 6. The minimum atomic E-state index is -0.491. The number of carbonyl (C=O) groups is 2. The zero-order valence-corrected chi connectivity index (χ0v) is 12.5. The van der Waals surface area contributed by atoms with E-state index < -0.39 is 11.9 Å². The number of esters is 1. The van der Waals surface area contributed by atoms with Gasteiger partial charge in [0.2, 0.25) is 0 Å². The highest BCUT2D eigenvalue weighted by atomic mass is 35.5. The molecule has 0 fully saturated rings. The van der Waals surface area contributed by atoms with E-state index in [0.29, 0.717) is 10.8 Å². The molecule has 0 atom stereocenters. The van der Waals surface area contributed by atoms with E-state index in [0.717, 1.165) is 0 Å². The number of methoxy groups -OCH3 is 1. The van der Waals surface area contributed by atoms with Gasteiger partial charge in [0.25, 0.3) is 5.91 Å². The fraction of sp³-hybridized carbons (Fsp3) is 0.154. The van der Waals surface area contributed by atoms with Crippen LogP contribution in [0.5, 0.6) is 5.75 Å². The van der Waals surface area contributed by atoms with Crippen LogP contribution in [-0.4, -0.2) is 29.1 Å². The predicted molar refractivity (Wildman–Crippen MR) is 78.9 cm³/mol. The van der Waals surface area contributed by atoms with Crippen LogP contribution in [-0.2, 0) is 16.0 Å². The van der Waals surface area contributed by atoms with Gasteiger partial charge < -0.3 is 9.84 Å². The van der Waals surface area contributed by atoms with Crippen molar-refractivity contribution >= 4 is 39.9 Å². The molecule has 0 spiro atoms. The quantitative estimate of drug-likeness (QED) is 0.843. The molecule has 0 aliphatic rings. The lowest BCUT2D eigenvalue weighted by Gasteiger charge is -2.04. The molecule has 2 aromatic rings. The van der Waals surface area contributed by atoms with E-state index >= 15 is 0 Å². The molecule has 0 saturated heterocycles. The zero-order valence-electron chi connectivity index (χ0n) is 10.9. The van der Waals surface area contributed by atoms with Gasteiger partial charge in [-0.05, 0) is 18.2 Å². The molecule has 2 N–H and O–H groups in total. The van der Waals surface area contributed by atoms with Crippen LogP contribution in [0.25, 0.3) is 0 Å². The van der Waals surface area contributed by atoms with Gasteiger partial charge in [0.05, 0.1) is 29.8 Å². The van der Waals surface area contributed by atoms with Crippen LogP contribution in [0.4, 0.5) is 5.13 Å². The second-order valence-electron chi connectivity index (χ2n) is 4.02. The molecule has 0 bridgehead atoms. The largest absolute Gasteiger partial charge is 0.508 e. The standard InChI is InChI=1S/C13H11ClN2O4S/c1-20-11(18)4-7-6-21-13(15-7)16-12(19)9-5-8(17)2-3-10(9)14/h2-3,5-6,17H,4H2,1H3,(H,15,16,19). The van der Waals surface area contributed by atoms with Crippen LogP contribution >= 0.6 is 22.9 Å². The number of nitrogens with zero attached hydrogens (tertiary/aromatic N) is 1. The normalized spacial score (nSPS) is 10.2. The van der Waals surface area contributed by atoms with E-state index in [-0.39, 0.29) is 22.8 Å². The number of rotatable bonds is 4. The van der Waals surface area contributed by atoms with E-state index in [9.17, 15) is 14.7 Å². The number of amides is 1. The fourth-order valence-corrected chi connectivity index (χ4v) is 2.43. The minimum Gasteiger partial charge on any atom is -0.508 e. The predicted octanol–water partition coefficient (Wildman–Crippen LogP) is 2.47. The lowest BCUT2D eigenvalue weighted by molar-refractivity contribution is -0.139. The van der Waals surface area contributed by atoms with Gasteiger partial charge in [-0.15, -0.1) is 11.3 Å². The lowest BCUT2D eigenvalue weighted by atomic mass is 10.2. The first-order valence-electron chi connectivity index (χ1n) is 5.80. The van der Waals surface area contributed by atoms with E-state index in [1.54, 1.807) is 5.38 Å². The summed E-state index contributed by atoms with van der Waals surface area (Å²) in [6.45, 7) is 0. The maximum Gasteiger partial charge on any atom is 0.311 e. The number of hydrogen-bond donors (Lipinski definition) is 2. The summed E-state index contributed by atoms with van der Waals surface area (Å²) in [5.41, 5.74) is 0.644. The second-order valence-corrected chi connectivity index (χ2v) is 5.28. The summed E-state index contributed by atoms with van der Waals surface area (Å²) < 4.78 is 4.54. The van der Waals surface area contributed by atoms with Crippen molar-refractivity contribution in [2.45, 2.75) is 6.42 Å². The molecule has 2 rings (SSSR count). The van der Waals surface area contributed by atoms with Crippen molar-refractivity contribution in [3.8, 4) is 5.75 Å². The van der Waals surface area contributed by atoms with Crippen molar-refractivity contribution in [3.63, 3.8) is 0 Å². The molecule has 1 aromatic heterocycles. The highest BCUT2D eigenvalue weighted by molar-refractivity contribution is 7.14. The Bertz CT molecular complexity index is 687. The Hall–Kier alpha value is -2.12. The van der Waals surface area contributed by atoms with E-state index in [1.807, 2.05) is 0 Å². The molecular formula is C13H11ClN2O4S. The molecule has 0 radical (unpaired) electrons. The van der Waals surface area contributed by atoms with Gasteiger partial charge in [0.15, 0.2) is 5.13 Å². The summed E-state index contributed by atoms with van der Waals surface area (Å²) in [7, 11) is 1.29. The van der Waals surface area contributed by atoms with Crippen LogP contribution in [0.3, 0.4) is 0 Å². The van der Waals surface area contributed by atoms with Crippen LogP contribution in [0, 0.1) is 0 Å². The van der Waals surface area contributed by atoms with Gasteiger partial charge in [-0.25, -0.2) is 4.98 Å². The Kier molecular flexibility index (Phi) is 4.77. The minimum absolute atomic E-state index is 0.0375. The topological polar surface area (TPSA) is 88.5 Å². The average Bonchev–Trinajstić information content (AvgIpc) is 2.88. The average molecular weight is 327 g/mol. The summed E-state index contributed by atoms with van der Waals surface area (Å²) in [5.74, 6) is -0.959. The number of thiazole rings is 1. The molecular weight excluding hydrogens is 316 g/mol. The number of ether oxygens (including phenoxy) is 1. The van der Waals surface area contributed by atoms with Crippen LogP contribution in [0.1, 0.15) is 16.1 Å². The number of aromatic hydroxyl groups is 1. The second kappa shape index (κ2) is 6.55. The summed E-state index contributed by atoms with van der Waals surface area (Å²) in [6.07, 6.45) is 0.0375. The van der Waals surface area contributed by atoms with Crippen LogP contribution < -0.4 is 5.32 Å². The molecule has 0 aliphatic heterocycles. The van der Waals surface area contributed by atoms with Crippen molar-refractivity contribution in [2.75, 3.05) is 12.4 Å². The Labute approximate surface area is 129 Å². The van der Waals surface area contributed by atoms with Crippen molar-refractivity contribution in [1.82, 2.24) is 4.98 Å². The number of halogens is 1. The molecule has 110 valence electrons. The van der Waals surface area contributed by atoms with Gasteiger partial charge in [0, 0.05) is 5.38 Å². The molecule has 21 heavy (non-hydrogen) atoms. The fourth-order valence-electron chi connectivity index (χ4n) is 1.52. The van der Waals surface area contributed by atoms with E-state index in [4.69, 9.17) is 11.6 Å². The number of anilines is 1. The number of phenols is 1. The van der Waals surface area contributed by atoms with Crippen molar-refractivity contribution in [1.29, 1.82) is 0 Å². The third-order valence-corrected chi connectivity index (χ3v) is 3.66. The highest BCUT2D eigenvalue weighted by Gasteiger charge is 2.14. The molecule has 6 nitrogen and oxygen atoms in total. The molecule has 1 aromatic carbocycles. The first-order valence-corrected chi connectivity index (χ1v) is 7.06. The van der Waals surface area contributed by atoms with Gasteiger partial charge in [-0.3, -0.25) is 14.9 Å². The first-order chi connectivity index (χ1) is 9.99. The summed E-state index contributed by atoms with van der Waals surface area (Å²) >= 11 is 7.08. The molecule has 8 heteroatoms. The molecule has 1 amide bonds. The summed E-state index contributed by atoms with van der Waals surface area (Å²) in [6, 6.07) is 4.08. The van der Waals surface area contributed by atoms with Gasteiger partial charge in [-0.1, -0.05) is 11.6 Å². The van der Waals surface area contributed by atoms with E-state index in [1.165, 1.54) is 36.6 Å². The number of carbonyl (C=O) groups excluding carboxylic acids is 2. The Morgan fingerprint density at radius 2 is 2.24 bits per heavy atom. The number of phenolic OH excluding ortho intramolecular Hbond substituents is 1. The summed E-state index contributed by atoms with van der Waals surface area (Å²) in [5, 5.41) is 14.1. The Morgan fingerprint density at radius 1 is 1.48 bits per heavy atom. The van der Waals surface area contributed by atoms with Crippen molar-refractivity contribution in [3.05, 3.63) is 39.9 Å². The first kappa shape index (κ1) is 15.3.